The highest BCUT2D eigenvalue weighted by molar-refractivity contribution is 6.02. The zero-order chi connectivity index (χ0) is 13.4. The number of nitrogens with one attached hydrogen (secondary N) is 2. The zero-order valence-corrected chi connectivity index (χ0v) is 9.81. The number of carboxylic acids is 1. The molecule has 0 saturated carbocycles. The first-order valence-electron chi connectivity index (χ1n) is 5.40. The first-order chi connectivity index (χ1) is 8.66. The van der Waals surface area contributed by atoms with Crippen LogP contribution in [0, 0.1) is 0 Å². The molecule has 0 fully saturated rings. The van der Waals surface area contributed by atoms with Gasteiger partial charge in [-0.1, -0.05) is 6.08 Å². The number of aromatic nitrogens is 2. The predicted molar refractivity (Wildman–Crippen MR) is 63.5 cm³/mol. The van der Waals surface area contributed by atoms with Gasteiger partial charge in [0.25, 0.3) is 5.91 Å². The maximum absolute atomic E-state index is 11.6. The molecule has 1 amide bonds. The van der Waals surface area contributed by atoms with E-state index in [0.29, 0.717) is 19.8 Å². The SMILES string of the molecule is C=CCCOCCNC(=O)c1nc[nH]c1C(=O)O. The van der Waals surface area contributed by atoms with Crippen LogP contribution in [0.3, 0.4) is 0 Å². The Morgan fingerprint density at radius 1 is 1.56 bits per heavy atom. The van der Waals surface area contributed by atoms with Crippen molar-refractivity contribution in [3.8, 4) is 0 Å². The van der Waals surface area contributed by atoms with Gasteiger partial charge < -0.3 is 20.1 Å². The first kappa shape index (κ1) is 13.9. The zero-order valence-electron chi connectivity index (χ0n) is 9.81. The summed E-state index contributed by atoms with van der Waals surface area (Å²) in [6.07, 6.45) is 3.65. The number of carboxylic acid groups (broad SMARTS) is 1. The minimum atomic E-state index is -1.22. The smallest absolute Gasteiger partial charge is 0.354 e. The second-order valence-electron chi connectivity index (χ2n) is 3.38. The Kier molecular flexibility index (Phi) is 5.59. The van der Waals surface area contributed by atoms with Crippen LogP contribution in [0.2, 0.25) is 0 Å². The molecule has 98 valence electrons. The molecule has 0 aromatic carbocycles. The summed E-state index contributed by atoms with van der Waals surface area (Å²) in [5.74, 6) is -1.76. The maximum atomic E-state index is 11.6. The molecule has 1 aromatic heterocycles. The van der Waals surface area contributed by atoms with Gasteiger partial charge in [0.2, 0.25) is 0 Å². The second-order valence-corrected chi connectivity index (χ2v) is 3.38. The van der Waals surface area contributed by atoms with Crippen LogP contribution in [0.4, 0.5) is 0 Å². The molecule has 0 radical (unpaired) electrons. The molecule has 0 bridgehead atoms. The minimum Gasteiger partial charge on any atom is -0.477 e. The number of hydrogen-bond donors (Lipinski definition) is 3. The average Bonchev–Trinajstić information content (AvgIpc) is 2.82. The molecule has 1 aromatic rings. The number of carbonyl (C=O) groups excluding carboxylic acids is 1. The van der Waals surface area contributed by atoms with Crippen LogP contribution in [0.25, 0.3) is 0 Å². The molecule has 1 heterocycles. The average molecular weight is 253 g/mol. The first-order valence-corrected chi connectivity index (χ1v) is 5.40. The van der Waals surface area contributed by atoms with Crippen LogP contribution in [-0.2, 0) is 4.74 Å². The fraction of sp³-hybridized carbons (Fsp3) is 0.364. The largest absolute Gasteiger partial charge is 0.477 e. The van der Waals surface area contributed by atoms with E-state index < -0.39 is 11.9 Å². The van der Waals surface area contributed by atoms with Gasteiger partial charge in [-0.05, 0) is 6.42 Å². The van der Waals surface area contributed by atoms with Crippen molar-refractivity contribution < 1.29 is 19.4 Å². The monoisotopic (exact) mass is 253 g/mol. The van der Waals surface area contributed by atoms with Crippen LogP contribution < -0.4 is 5.32 Å². The van der Waals surface area contributed by atoms with Crippen molar-refractivity contribution in [2.75, 3.05) is 19.8 Å². The van der Waals surface area contributed by atoms with Gasteiger partial charge in [-0.2, -0.15) is 0 Å². The number of H-pyrrole nitrogens is 1. The topological polar surface area (TPSA) is 104 Å². The highest BCUT2D eigenvalue weighted by Gasteiger charge is 2.18. The quantitative estimate of drug-likeness (QED) is 0.460. The number of nitrogens with zero attached hydrogens (tertiary/aromatic N) is 1. The fourth-order valence-corrected chi connectivity index (χ4v) is 1.22. The van der Waals surface area contributed by atoms with E-state index in [2.05, 4.69) is 21.9 Å². The number of aromatic amines is 1. The molecule has 0 aliphatic rings. The van der Waals surface area contributed by atoms with E-state index in [4.69, 9.17) is 9.84 Å². The highest BCUT2D eigenvalue weighted by atomic mass is 16.5. The van der Waals surface area contributed by atoms with E-state index >= 15 is 0 Å². The van der Waals surface area contributed by atoms with Gasteiger partial charge in [0.15, 0.2) is 11.4 Å². The lowest BCUT2D eigenvalue weighted by molar-refractivity contribution is 0.0684. The van der Waals surface area contributed by atoms with E-state index in [1.807, 2.05) is 0 Å². The summed E-state index contributed by atoms with van der Waals surface area (Å²) in [6.45, 7) is 4.74. The molecule has 0 saturated heterocycles. The Balaban J connectivity index is 2.34. The Morgan fingerprint density at radius 3 is 3.00 bits per heavy atom. The van der Waals surface area contributed by atoms with Crippen molar-refractivity contribution in [2.24, 2.45) is 0 Å². The summed E-state index contributed by atoms with van der Waals surface area (Å²) in [4.78, 5) is 28.4. The summed E-state index contributed by atoms with van der Waals surface area (Å²) in [5, 5.41) is 11.3. The molecule has 7 nitrogen and oxygen atoms in total. The summed E-state index contributed by atoms with van der Waals surface area (Å²) < 4.78 is 5.19. The fourth-order valence-electron chi connectivity index (χ4n) is 1.22. The molecular formula is C11H15N3O4. The van der Waals surface area contributed by atoms with Crippen molar-refractivity contribution in [3.05, 3.63) is 30.4 Å². The number of ether oxygens (including phenoxy) is 1. The molecule has 0 aliphatic carbocycles. The van der Waals surface area contributed by atoms with E-state index in [0.717, 1.165) is 6.42 Å². The Hall–Kier alpha value is -2.15. The van der Waals surface area contributed by atoms with Crippen molar-refractivity contribution in [2.45, 2.75) is 6.42 Å². The number of aromatic carboxylic acids is 1. The number of carbonyl (C=O) groups is 2. The van der Waals surface area contributed by atoms with Gasteiger partial charge in [-0.25, -0.2) is 9.78 Å². The summed E-state index contributed by atoms with van der Waals surface area (Å²) in [5.41, 5.74) is -0.353. The Bertz CT molecular complexity index is 428. The van der Waals surface area contributed by atoms with Crippen LogP contribution in [-0.4, -0.2) is 46.7 Å². The lowest BCUT2D eigenvalue weighted by Crippen LogP contribution is -2.29. The van der Waals surface area contributed by atoms with Crippen molar-refractivity contribution in [1.29, 1.82) is 0 Å². The van der Waals surface area contributed by atoms with E-state index in [9.17, 15) is 9.59 Å². The minimum absolute atomic E-state index is 0.131. The molecule has 18 heavy (non-hydrogen) atoms. The Morgan fingerprint density at radius 2 is 2.33 bits per heavy atom. The number of amides is 1. The molecule has 1 rings (SSSR count). The molecular weight excluding hydrogens is 238 g/mol. The number of imidazole rings is 1. The van der Waals surface area contributed by atoms with Crippen LogP contribution in [0.5, 0.6) is 0 Å². The van der Waals surface area contributed by atoms with Crippen LogP contribution in [0.1, 0.15) is 27.4 Å². The van der Waals surface area contributed by atoms with Gasteiger partial charge in [-0.3, -0.25) is 4.79 Å². The maximum Gasteiger partial charge on any atom is 0.354 e. The van der Waals surface area contributed by atoms with E-state index in [-0.39, 0.29) is 11.4 Å². The van der Waals surface area contributed by atoms with Gasteiger partial charge >= 0.3 is 5.97 Å². The summed E-state index contributed by atoms with van der Waals surface area (Å²) in [7, 11) is 0. The second kappa shape index (κ2) is 7.23. The van der Waals surface area contributed by atoms with Crippen LogP contribution in [0.15, 0.2) is 19.0 Å². The number of hydrogen-bond acceptors (Lipinski definition) is 4. The molecule has 3 N–H and O–H groups in total. The Labute approximate surface area is 104 Å². The molecule has 0 aliphatic heterocycles. The van der Waals surface area contributed by atoms with E-state index in [1.54, 1.807) is 6.08 Å². The summed E-state index contributed by atoms with van der Waals surface area (Å²) >= 11 is 0. The van der Waals surface area contributed by atoms with Gasteiger partial charge in [0, 0.05) is 6.54 Å². The number of rotatable bonds is 8. The molecule has 0 spiro atoms. The third kappa shape index (κ3) is 4.02. The van der Waals surface area contributed by atoms with Gasteiger partial charge in [0.05, 0.1) is 19.5 Å². The van der Waals surface area contributed by atoms with Crippen molar-refractivity contribution in [3.63, 3.8) is 0 Å². The van der Waals surface area contributed by atoms with Crippen molar-refractivity contribution >= 4 is 11.9 Å². The highest BCUT2D eigenvalue weighted by Crippen LogP contribution is 2.01. The van der Waals surface area contributed by atoms with Gasteiger partial charge in [0.1, 0.15) is 0 Å². The standard InChI is InChI=1S/C11H15N3O4/c1-2-3-5-18-6-4-12-10(15)8-9(11(16)17)14-7-13-8/h2,7H,1,3-6H2,(H,12,15)(H,13,14)(H,16,17). The molecule has 0 atom stereocenters. The normalized spacial score (nSPS) is 10.0. The van der Waals surface area contributed by atoms with Crippen LogP contribution >= 0.6 is 0 Å². The predicted octanol–water partition coefficient (Wildman–Crippen LogP) is 0.430. The summed E-state index contributed by atoms with van der Waals surface area (Å²) in [6, 6.07) is 0. The third-order valence-electron chi connectivity index (χ3n) is 2.07. The van der Waals surface area contributed by atoms with E-state index in [1.165, 1.54) is 6.33 Å². The third-order valence-corrected chi connectivity index (χ3v) is 2.07. The van der Waals surface area contributed by atoms with Crippen molar-refractivity contribution in [1.82, 2.24) is 15.3 Å². The molecule has 0 unspecified atom stereocenters. The van der Waals surface area contributed by atoms with Gasteiger partial charge in [-0.15, -0.1) is 6.58 Å². The molecule has 7 heteroatoms. The lowest BCUT2D eigenvalue weighted by Gasteiger charge is -2.04. The lowest BCUT2D eigenvalue weighted by atomic mass is 10.3.